The number of guanidine groups is 1. The Hall–Kier alpha value is -1.03. The number of halogens is 1. The van der Waals surface area contributed by atoms with E-state index in [-0.39, 0.29) is 24.0 Å². The number of morpholine rings is 1. The Bertz CT molecular complexity index is 732. The number of fused-ring (bicyclic) bond motifs is 1. The summed E-state index contributed by atoms with van der Waals surface area (Å²) in [6.45, 7) is 6.59. The van der Waals surface area contributed by atoms with Crippen molar-refractivity contribution in [1.29, 1.82) is 0 Å². The Labute approximate surface area is 189 Å². The maximum atomic E-state index is 5.38. The van der Waals surface area contributed by atoms with E-state index in [0.29, 0.717) is 0 Å². The SMILES string of the molecule is CN=C(NCCSCc1cccc2ccccc12)NCCN1CCOCC1.I. The molecule has 0 saturated carbocycles. The Kier molecular flexibility index (Phi) is 11.0. The molecule has 0 bridgehead atoms. The predicted molar refractivity (Wildman–Crippen MR) is 132 cm³/mol. The van der Waals surface area contributed by atoms with E-state index in [4.69, 9.17) is 4.74 Å². The van der Waals surface area contributed by atoms with Crippen LogP contribution in [0.2, 0.25) is 0 Å². The maximum absolute atomic E-state index is 5.38. The van der Waals surface area contributed by atoms with Crippen molar-refractivity contribution in [1.82, 2.24) is 15.5 Å². The minimum absolute atomic E-state index is 0. The highest BCUT2D eigenvalue weighted by Gasteiger charge is 2.09. The van der Waals surface area contributed by atoms with E-state index < -0.39 is 0 Å². The van der Waals surface area contributed by atoms with Crippen LogP contribution in [0.1, 0.15) is 5.56 Å². The first kappa shape index (κ1) is 23.3. The molecule has 28 heavy (non-hydrogen) atoms. The van der Waals surface area contributed by atoms with Crippen LogP contribution in [0.15, 0.2) is 47.5 Å². The Morgan fingerprint density at radius 3 is 2.64 bits per heavy atom. The van der Waals surface area contributed by atoms with Gasteiger partial charge in [-0.25, -0.2) is 0 Å². The minimum Gasteiger partial charge on any atom is -0.379 e. The van der Waals surface area contributed by atoms with Gasteiger partial charge in [0, 0.05) is 51.3 Å². The third-order valence-corrected chi connectivity index (χ3v) is 5.73. The molecule has 0 radical (unpaired) electrons. The molecule has 1 heterocycles. The van der Waals surface area contributed by atoms with Gasteiger partial charge >= 0.3 is 0 Å². The average molecular weight is 514 g/mol. The minimum atomic E-state index is 0. The molecule has 7 heteroatoms. The summed E-state index contributed by atoms with van der Waals surface area (Å²) in [5.41, 5.74) is 1.41. The van der Waals surface area contributed by atoms with Crippen LogP contribution in [0, 0.1) is 0 Å². The van der Waals surface area contributed by atoms with E-state index in [1.54, 1.807) is 0 Å². The summed E-state index contributed by atoms with van der Waals surface area (Å²) in [6, 6.07) is 15.2. The number of rotatable bonds is 8. The van der Waals surface area contributed by atoms with Crippen molar-refractivity contribution in [3.8, 4) is 0 Å². The molecule has 0 aliphatic carbocycles. The van der Waals surface area contributed by atoms with Crippen molar-refractivity contribution in [2.24, 2.45) is 4.99 Å². The molecule has 1 fully saturated rings. The number of ether oxygens (including phenoxy) is 1. The Balaban J connectivity index is 0.00000280. The number of hydrogen-bond donors (Lipinski definition) is 2. The van der Waals surface area contributed by atoms with Gasteiger partial charge in [-0.2, -0.15) is 11.8 Å². The van der Waals surface area contributed by atoms with Crippen LogP contribution in [-0.4, -0.2) is 69.6 Å². The number of nitrogens with one attached hydrogen (secondary N) is 2. The number of nitrogens with zero attached hydrogens (tertiary/aromatic N) is 2. The van der Waals surface area contributed by atoms with Crippen molar-refractivity contribution in [2.45, 2.75) is 5.75 Å². The maximum Gasteiger partial charge on any atom is 0.191 e. The van der Waals surface area contributed by atoms with Crippen LogP contribution in [0.3, 0.4) is 0 Å². The molecule has 2 N–H and O–H groups in total. The Morgan fingerprint density at radius 1 is 1.07 bits per heavy atom. The van der Waals surface area contributed by atoms with Crippen LogP contribution in [-0.2, 0) is 10.5 Å². The van der Waals surface area contributed by atoms with Gasteiger partial charge in [0.05, 0.1) is 13.2 Å². The van der Waals surface area contributed by atoms with Crippen molar-refractivity contribution in [3.05, 3.63) is 48.0 Å². The molecule has 0 amide bonds. The predicted octanol–water partition coefficient (Wildman–Crippen LogP) is 3.19. The summed E-state index contributed by atoms with van der Waals surface area (Å²) in [5, 5.41) is 9.48. The molecular weight excluding hydrogens is 483 g/mol. The van der Waals surface area contributed by atoms with E-state index >= 15 is 0 Å². The van der Waals surface area contributed by atoms with E-state index in [0.717, 1.165) is 63.4 Å². The van der Waals surface area contributed by atoms with Gasteiger partial charge in [-0.3, -0.25) is 9.89 Å². The van der Waals surface area contributed by atoms with Gasteiger partial charge in [0.1, 0.15) is 0 Å². The highest BCUT2D eigenvalue weighted by atomic mass is 127. The van der Waals surface area contributed by atoms with Crippen molar-refractivity contribution < 1.29 is 4.74 Å². The van der Waals surface area contributed by atoms with Crippen molar-refractivity contribution in [3.63, 3.8) is 0 Å². The summed E-state index contributed by atoms with van der Waals surface area (Å²) in [5.74, 6) is 2.97. The first-order chi connectivity index (χ1) is 13.4. The van der Waals surface area contributed by atoms with Crippen LogP contribution >= 0.6 is 35.7 Å². The van der Waals surface area contributed by atoms with Gasteiger partial charge < -0.3 is 15.4 Å². The first-order valence-corrected chi connectivity index (χ1v) is 10.8. The third kappa shape index (κ3) is 7.42. The lowest BCUT2D eigenvalue weighted by molar-refractivity contribution is 0.0389. The van der Waals surface area contributed by atoms with Crippen LogP contribution in [0.25, 0.3) is 10.8 Å². The Morgan fingerprint density at radius 2 is 1.82 bits per heavy atom. The fourth-order valence-electron chi connectivity index (χ4n) is 3.22. The second-order valence-electron chi connectivity index (χ2n) is 6.57. The molecule has 0 aromatic heterocycles. The summed E-state index contributed by atoms with van der Waals surface area (Å²) < 4.78 is 5.38. The summed E-state index contributed by atoms with van der Waals surface area (Å²) in [6.07, 6.45) is 0. The zero-order valence-corrected chi connectivity index (χ0v) is 19.7. The van der Waals surface area contributed by atoms with Crippen molar-refractivity contribution in [2.75, 3.05) is 58.7 Å². The van der Waals surface area contributed by atoms with Gasteiger partial charge in [-0.15, -0.1) is 24.0 Å². The lowest BCUT2D eigenvalue weighted by Gasteiger charge is -2.26. The molecule has 3 rings (SSSR count). The molecule has 0 unspecified atom stereocenters. The van der Waals surface area contributed by atoms with Crippen LogP contribution in [0.4, 0.5) is 0 Å². The van der Waals surface area contributed by atoms with Crippen molar-refractivity contribution >= 4 is 52.5 Å². The van der Waals surface area contributed by atoms with Crippen LogP contribution in [0.5, 0.6) is 0 Å². The second-order valence-corrected chi connectivity index (χ2v) is 7.68. The van der Waals surface area contributed by atoms with E-state index in [9.17, 15) is 0 Å². The van der Waals surface area contributed by atoms with Gasteiger partial charge in [-0.1, -0.05) is 42.5 Å². The normalized spacial score (nSPS) is 15.2. The highest BCUT2D eigenvalue weighted by molar-refractivity contribution is 14.0. The highest BCUT2D eigenvalue weighted by Crippen LogP contribution is 2.22. The number of thioether (sulfide) groups is 1. The molecule has 5 nitrogen and oxygen atoms in total. The largest absolute Gasteiger partial charge is 0.379 e. The van der Waals surface area contributed by atoms with E-state index in [1.165, 1.54) is 16.3 Å². The van der Waals surface area contributed by atoms with Gasteiger partial charge in [0.15, 0.2) is 5.96 Å². The third-order valence-electron chi connectivity index (χ3n) is 4.72. The molecule has 1 aliphatic rings. The lowest BCUT2D eigenvalue weighted by Crippen LogP contribution is -2.44. The van der Waals surface area contributed by atoms with E-state index in [1.807, 2.05) is 18.8 Å². The topological polar surface area (TPSA) is 48.9 Å². The first-order valence-electron chi connectivity index (χ1n) is 9.66. The van der Waals surface area contributed by atoms with Gasteiger partial charge in [0.25, 0.3) is 0 Å². The number of hydrogen-bond acceptors (Lipinski definition) is 4. The van der Waals surface area contributed by atoms with Gasteiger partial charge in [-0.05, 0) is 16.3 Å². The summed E-state index contributed by atoms with van der Waals surface area (Å²) >= 11 is 1.95. The summed E-state index contributed by atoms with van der Waals surface area (Å²) in [7, 11) is 1.83. The van der Waals surface area contributed by atoms with E-state index in [2.05, 4.69) is 63.0 Å². The molecular formula is C21H31IN4OS. The smallest absolute Gasteiger partial charge is 0.191 e. The molecule has 2 aromatic carbocycles. The number of benzene rings is 2. The molecule has 1 aliphatic heterocycles. The summed E-state index contributed by atoms with van der Waals surface area (Å²) in [4.78, 5) is 6.73. The average Bonchev–Trinajstić information content (AvgIpc) is 2.73. The second kappa shape index (κ2) is 13.2. The van der Waals surface area contributed by atoms with Crippen LogP contribution < -0.4 is 10.6 Å². The monoisotopic (exact) mass is 514 g/mol. The zero-order chi connectivity index (χ0) is 18.7. The molecule has 0 spiro atoms. The lowest BCUT2D eigenvalue weighted by atomic mass is 10.1. The van der Waals surface area contributed by atoms with Gasteiger partial charge in [0.2, 0.25) is 0 Å². The fourth-order valence-corrected chi connectivity index (χ4v) is 4.08. The molecule has 154 valence electrons. The quantitative estimate of drug-likeness (QED) is 0.245. The molecule has 1 saturated heterocycles. The molecule has 0 atom stereocenters. The fraction of sp³-hybridized carbons (Fsp3) is 0.476. The zero-order valence-electron chi connectivity index (χ0n) is 16.5. The number of aliphatic imine (C=N–C) groups is 1. The standard InChI is InChI=1S/C21H30N4OS.HI/c1-22-21(23-9-11-25-12-14-26-15-13-25)24-10-16-27-17-19-7-4-6-18-5-2-3-8-20(18)19;/h2-8H,9-17H2,1H3,(H2,22,23,24);1H. The molecule has 2 aromatic rings.